The molecule has 6 nitrogen and oxygen atoms in total. The van der Waals surface area contributed by atoms with E-state index in [1.165, 1.54) is 0 Å². The van der Waals surface area contributed by atoms with Crippen LogP contribution in [0.2, 0.25) is 0 Å². The summed E-state index contributed by atoms with van der Waals surface area (Å²) in [6, 6.07) is 6.81. The average Bonchev–Trinajstić information content (AvgIpc) is 2.70. The maximum atomic E-state index is 12.4. The molecule has 0 atom stereocenters. The van der Waals surface area contributed by atoms with Gasteiger partial charge in [-0.3, -0.25) is 4.68 Å². The van der Waals surface area contributed by atoms with E-state index in [4.69, 9.17) is 0 Å². The van der Waals surface area contributed by atoms with Crippen LogP contribution in [-0.2, 0) is 23.6 Å². The summed E-state index contributed by atoms with van der Waals surface area (Å²) in [6.07, 6.45) is 0. The molecule has 2 N–H and O–H groups in total. The largest absolute Gasteiger partial charge is 0.387 e. The minimum Gasteiger partial charge on any atom is -0.387 e. The highest BCUT2D eigenvalue weighted by atomic mass is 32.2. The molecular formula is C14H20N4O2S. The molecule has 0 bridgehead atoms. The number of aromatic nitrogens is 2. The van der Waals surface area contributed by atoms with E-state index in [9.17, 15) is 8.42 Å². The number of para-hydroxylation sites is 1. The van der Waals surface area contributed by atoms with Crippen molar-refractivity contribution in [3.05, 3.63) is 41.2 Å². The van der Waals surface area contributed by atoms with Gasteiger partial charge >= 0.3 is 0 Å². The number of hydrogen-bond donors (Lipinski definition) is 2. The van der Waals surface area contributed by atoms with Gasteiger partial charge in [-0.05, 0) is 26.0 Å². The lowest BCUT2D eigenvalue weighted by Gasteiger charge is -2.11. The molecule has 0 unspecified atom stereocenters. The molecule has 0 aliphatic carbocycles. The summed E-state index contributed by atoms with van der Waals surface area (Å²) in [7, 11) is -0.0330. The van der Waals surface area contributed by atoms with Gasteiger partial charge < -0.3 is 5.32 Å². The Labute approximate surface area is 125 Å². The fraction of sp³-hybridized carbons (Fsp3) is 0.357. The van der Waals surface area contributed by atoms with Gasteiger partial charge in [0, 0.05) is 31.9 Å². The Balaban J connectivity index is 2.26. The highest BCUT2D eigenvalue weighted by Crippen LogP contribution is 2.20. The summed E-state index contributed by atoms with van der Waals surface area (Å²) in [5.74, 6) is 0. The van der Waals surface area contributed by atoms with Crippen molar-refractivity contribution in [3.63, 3.8) is 0 Å². The van der Waals surface area contributed by atoms with Crippen LogP contribution in [0.4, 0.5) is 5.69 Å². The average molecular weight is 308 g/mol. The highest BCUT2D eigenvalue weighted by molar-refractivity contribution is 7.89. The van der Waals surface area contributed by atoms with E-state index in [0.29, 0.717) is 5.69 Å². The molecule has 0 saturated carbocycles. The van der Waals surface area contributed by atoms with Gasteiger partial charge in [0.25, 0.3) is 0 Å². The summed E-state index contributed by atoms with van der Waals surface area (Å²) in [6.45, 7) is 4.02. The van der Waals surface area contributed by atoms with Crippen molar-refractivity contribution < 1.29 is 8.42 Å². The second-order valence-electron chi connectivity index (χ2n) is 4.84. The Morgan fingerprint density at radius 1 is 1.24 bits per heavy atom. The van der Waals surface area contributed by atoms with Crippen molar-refractivity contribution in [2.45, 2.75) is 25.3 Å². The predicted molar refractivity (Wildman–Crippen MR) is 82.7 cm³/mol. The van der Waals surface area contributed by atoms with Crippen LogP contribution in [0, 0.1) is 13.8 Å². The molecule has 0 saturated heterocycles. The van der Waals surface area contributed by atoms with E-state index in [-0.39, 0.29) is 11.4 Å². The number of benzene rings is 1. The molecule has 7 heteroatoms. The molecule has 2 rings (SSSR count). The first-order chi connectivity index (χ1) is 9.86. The lowest BCUT2D eigenvalue weighted by Crippen LogP contribution is -2.24. The van der Waals surface area contributed by atoms with E-state index >= 15 is 0 Å². The van der Waals surface area contributed by atoms with Crippen LogP contribution in [0.25, 0.3) is 0 Å². The Bertz CT molecular complexity index is 750. The number of hydrogen-bond acceptors (Lipinski definition) is 4. The molecule has 21 heavy (non-hydrogen) atoms. The van der Waals surface area contributed by atoms with Crippen molar-refractivity contribution in [2.75, 3.05) is 12.4 Å². The smallest absolute Gasteiger partial charge is 0.242 e. The number of anilines is 1. The summed E-state index contributed by atoms with van der Waals surface area (Å²) < 4.78 is 29.3. The zero-order valence-electron chi connectivity index (χ0n) is 12.6. The van der Waals surface area contributed by atoms with Gasteiger partial charge in [-0.25, -0.2) is 13.1 Å². The van der Waals surface area contributed by atoms with E-state index in [1.807, 2.05) is 20.9 Å². The zero-order chi connectivity index (χ0) is 15.6. The van der Waals surface area contributed by atoms with Crippen molar-refractivity contribution in [2.24, 2.45) is 7.05 Å². The fourth-order valence-electron chi connectivity index (χ4n) is 2.23. The topological polar surface area (TPSA) is 76.0 Å². The lowest BCUT2D eigenvalue weighted by atomic mass is 10.2. The summed E-state index contributed by atoms with van der Waals surface area (Å²) >= 11 is 0. The quantitative estimate of drug-likeness (QED) is 0.879. The minimum atomic E-state index is -3.58. The molecule has 0 aliphatic heterocycles. The lowest BCUT2D eigenvalue weighted by molar-refractivity contribution is 0.581. The molecule has 1 heterocycles. The van der Waals surface area contributed by atoms with E-state index < -0.39 is 10.0 Å². The van der Waals surface area contributed by atoms with Gasteiger partial charge in [-0.15, -0.1) is 0 Å². The zero-order valence-corrected chi connectivity index (χ0v) is 13.5. The van der Waals surface area contributed by atoms with Crippen molar-refractivity contribution in [3.8, 4) is 0 Å². The molecule has 2 aromatic rings. The molecule has 1 aromatic heterocycles. The third-order valence-corrected chi connectivity index (χ3v) is 5.00. The molecule has 0 fully saturated rings. The second-order valence-corrected chi connectivity index (χ2v) is 6.58. The van der Waals surface area contributed by atoms with Gasteiger partial charge in [0.2, 0.25) is 10.0 Å². The summed E-state index contributed by atoms with van der Waals surface area (Å²) in [5.41, 5.74) is 3.27. The van der Waals surface area contributed by atoms with Crippen LogP contribution in [0.1, 0.15) is 17.0 Å². The Kier molecular flexibility index (Phi) is 4.34. The standard InChI is InChI=1S/C14H20N4O2S/c1-10-12(11(2)18(4)17-10)9-16-21(19,20)14-8-6-5-7-13(14)15-3/h5-8,15-16H,9H2,1-4H3. The molecular weight excluding hydrogens is 288 g/mol. The van der Waals surface area contributed by atoms with E-state index in [1.54, 1.807) is 36.0 Å². The predicted octanol–water partition coefficient (Wildman–Crippen LogP) is 1.56. The van der Waals surface area contributed by atoms with Crippen molar-refractivity contribution in [1.82, 2.24) is 14.5 Å². The number of aryl methyl sites for hydroxylation is 2. The van der Waals surface area contributed by atoms with Crippen LogP contribution in [0.15, 0.2) is 29.2 Å². The van der Waals surface area contributed by atoms with E-state index in [0.717, 1.165) is 17.0 Å². The summed E-state index contributed by atoms with van der Waals surface area (Å²) in [5, 5.41) is 7.18. The Morgan fingerprint density at radius 3 is 2.48 bits per heavy atom. The van der Waals surface area contributed by atoms with Crippen LogP contribution in [-0.4, -0.2) is 25.2 Å². The number of nitrogens with zero attached hydrogens (tertiary/aromatic N) is 2. The maximum Gasteiger partial charge on any atom is 0.242 e. The first-order valence-electron chi connectivity index (χ1n) is 6.62. The second kappa shape index (κ2) is 5.87. The van der Waals surface area contributed by atoms with Crippen LogP contribution < -0.4 is 10.0 Å². The van der Waals surface area contributed by atoms with Crippen LogP contribution in [0.3, 0.4) is 0 Å². The molecule has 1 aromatic carbocycles. The molecule has 0 radical (unpaired) electrons. The van der Waals surface area contributed by atoms with Crippen LogP contribution in [0.5, 0.6) is 0 Å². The normalized spacial score (nSPS) is 11.6. The third-order valence-electron chi connectivity index (χ3n) is 3.54. The molecule has 0 spiro atoms. The number of sulfonamides is 1. The third kappa shape index (κ3) is 3.08. The molecule has 0 aliphatic rings. The SMILES string of the molecule is CNc1ccccc1S(=O)(=O)NCc1c(C)nn(C)c1C. The minimum absolute atomic E-state index is 0.228. The highest BCUT2D eigenvalue weighted by Gasteiger charge is 2.19. The van der Waals surface area contributed by atoms with Gasteiger partial charge in [-0.2, -0.15) is 5.10 Å². The summed E-state index contributed by atoms with van der Waals surface area (Å²) in [4.78, 5) is 0.242. The number of nitrogens with one attached hydrogen (secondary N) is 2. The molecule has 114 valence electrons. The molecule has 0 amide bonds. The first-order valence-corrected chi connectivity index (χ1v) is 8.10. The first kappa shape index (κ1) is 15.5. The van der Waals surface area contributed by atoms with E-state index in [2.05, 4.69) is 15.1 Å². The van der Waals surface area contributed by atoms with Crippen LogP contribution >= 0.6 is 0 Å². The van der Waals surface area contributed by atoms with Crippen molar-refractivity contribution in [1.29, 1.82) is 0 Å². The Morgan fingerprint density at radius 2 is 1.90 bits per heavy atom. The number of rotatable bonds is 5. The van der Waals surface area contributed by atoms with Gasteiger partial charge in [-0.1, -0.05) is 12.1 Å². The monoisotopic (exact) mass is 308 g/mol. The maximum absolute atomic E-state index is 12.4. The van der Waals surface area contributed by atoms with Crippen molar-refractivity contribution >= 4 is 15.7 Å². The fourth-order valence-corrected chi connectivity index (χ4v) is 3.43. The van der Waals surface area contributed by atoms with Gasteiger partial charge in [0.1, 0.15) is 4.90 Å². The van der Waals surface area contributed by atoms with Gasteiger partial charge in [0.05, 0.1) is 11.4 Å². The Hall–Kier alpha value is -1.86. The van der Waals surface area contributed by atoms with Gasteiger partial charge in [0.15, 0.2) is 0 Å².